The summed E-state index contributed by atoms with van der Waals surface area (Å²) < 4.78 is 7.27. The molecule has 1 atom stereocenters. The second-order valence-corrected chi connectivity index (χ2v) is 3.28. The molecular formula is C7H11N2OP. The number of fused-ring (bicyclic) bond motifs is 1. The van der Waals surface area contributed by atoms with Gasteiger partial charge < -0.3 is 4.74 Å². The van der Waals surface area contributed by atoms with E-state index in [1.165, 1.54) is 11.3 Å². The Labute approximate surface area is 67.9 Å². The fourth-order valence-electron chi connectivity index (χ4n) is 1.44. The highest BCUT2D eigenvalue weighted by molar-refractivity contribution is 7.27. The molecule has 0 aliphatic carbocycles. The molecule has 3 nitrogen and oxygen atoms in total. The normalized spacial score (nSPS) is 16.5. The lowest BCUT2D eigenvalue weighted by atomic mass is 10.2. The van der Waals surface area contributed by atoms with Crippen molar-refractivity contribution >= 4 is 14.7 Å². The molecule has 0 saturated carbocycles. The minimum Gasteiger partial charge on any atom is -0.376 e. The van der Waals surface area contributed by atoms with E-state index in [9.17, 15) is 0 Å². The Balaban J connectivity index is 2.52. The number of hydrogen-bond acceptors (Lipinski definition) is 2. The van der Waals surface area contributed by atoms with Gasteiger partial charge in [0.05, 0.1) is 18.6 Å². The van der Waals surface area contributed by atoms with Gasteiger partial charge in [-0.3, -0.25) is 4.68 Å². The summed E-state index contributed by atoms with van der Waals surface area (Å²) in [5.74, 6) is 0. The van der Waals surface area contributed by atoms with Gasteiger partial charge in [0.2, 0.25) is 0 Å². The van der Waals surface area contributed by atoms with E-state index in [2.05, 4.69) is 14.3 Å². The largest absolute Gasteiger partial charge is 0.376 e. The van der Waals surface area contributed by atoms with Crippen molar-refractivity contribution in [1.29, 1.82) is 0 Å². The van der Waals surface area contributed by atoms with Crippen LogP contribution in [0.2, 0.25) is 0 Å². The molecule has 0 amide bonds. The van der Waals surface area contributed by atoms with Crippen molar-refractivity contribution in [2.45, 2.75) is 13.0 Å². The molecule has 2 rings (SSSR count). The summed E-state index contributed by atoms with van der Waals surface area (Å²) in [5, 5.41) is 4.29. The lowest BCUT2D eigenvalue weighted by Gasteiger charge is -2.12. The molecule has 0 N–H and O–H groups in total. The van der Waals surface area contributed by atoms with E-state index >= 15 is 0 Å². The summed E-state index contributed by atoms with van der Waals surface area (Å²) in [7, 11) is 4.62. The molecule has 0 fully saturated rings. The Hall–Kier alpha value is -0.400. The van der Waals surface area contributed by atoms with E-state index in [0.29, 0.717) is 0 Å². The summed E-state index contributed by atoms with van der Waals surface area (Å²) in [4.78, 5) is 0. The molecule has 0 radical (unpaired) electrons. The Bertz CT molecular complexity index is 256. The third-order valence-corrected chi connectivity index (χ3v) is 2.50. The smallest absolute Gasteiger partial charge is 0.0846 e. The zero-order chi connectivity index (χ0) is 7.84. The second kappa shape index (κ2) is 2.58. The SMILES string of the molecule is Cn1nc(P)c2c1CCOC2. The molecule has 1 aliphatic rings. The number of hydrogen-bond donors (Lipinski definition) is 0. The molecule has 1 aromatic heterocycles. The van der Waals surface area contributed by atoms with Crippen LogP contribution in [0.1, 0.15) is 11.3 Å². The molecule has 11 heavy (non-hydrogen) atoms. The molecule has 0 saturated heterocycles. The van der Waals surface area contributed by atoms with Crippen molar-refractivity contribution in [2.24, 2.45) is 7.05 Å². The molecule has 1 aliphatic heterocycles. The Morgan fingerprint density at radius 2 is 2.45 bits per heavy atom. The van der Waals surface area contributed by atoms with E-state index in [4.69, 9.17) is 4.74 Å². The van der Waals surface area contributed by atoms with E-state index in [-0.39, 0.29) is 0 Å². The second-order valence-electron chi connectivity index (χ2n) is 2.74. The van der Waals surface area contributed by atoms with Crippen LogP contribution >= 0.6 is 9.24 Å². The Morgan fingerprint density at radius 1 is 1.64 bits per heavy atom. The van der Waals surface area contributed by atoms with Crippen LogP contribution < -0.4 is 5.44 Å². The molecular weight excluding hydrogens is 159 g/mol. The minimum absolute atomic E-state index is 0.724. The molecule has 60 valence electrons. The predicted molar refractivity (Wildman–Crippen MR) is 45.9 cm³/mol. The Kier molecular flexibility index (Phi) is 1.70. The maximum Gasteiger partial charge on any atom is 0.0846 e. The summed E-state index contributed by atoms with van der Waals surface area (Å²) in [6, 6.07) is 0. The third-order valence-electron chi connectivity index (χ3n) is 2.04. The lowest BCUT2D eigenvalue weighted by molar-refractivity contribution is 0.109. The van der Waals surface area contributed by atoms with Crippen molar-refractivity contribution in [3.05, 3.63) is 11.3 Å². The number of rotatable bonds is 0. The average Bonchev–Trinajstić information content (AvgIpc) is 2.30. The van der Waals surface area contributed by atoms with Crippen LogP contribution in [0.4, 0.5) is 0 Å². The number of nitrogens with zero attached hydrogens (tertiary/aromatic N) is 2. The summed E-state index contributed by atoms with van der Waals surface area (Å²) in [6.07, 6.45) is 0.993. The fraction of sp³-hybridized carbons (Fsp3) is 0.571. The van der Waals surface area contributed by atoms with Crippen LogP contribution in [-0.4, -0.2) is 16.4 Å². The fourth-order valence-corrected chi connectivity index (χ4v) is 1.86. The summed E-state index contributed by atoms with van der Waals surface area (Å²) >= 11 is 0. The van der Waals surface area contributed by atoms with E-state index in [0.717, 1.165) is 25.1 Å². The summed E-state index contributed by atoms with van der Waals surface area (Å²) in [5.41, 5.74) is 3.60. The standard InChI is InChI=1S/C7H11N2OP/c1-9-6-2-3-10-4-5(6)7(11)8-9/h2-4,11H2,1H3. The van der Waals surface area contributed by atoms with E-state index < -0.39 is 0 Å². The van der Waals surface area contributed by atoms with Crippen molar-refractivity contribution in [3.63, 3.8) is 0 Å². The molecule has 0 aromatic carbocycles. The molecule has 1 aromatic rings. The lowest BCUT2D eigenvalue weighted by Crippen LogP contribution is -2.13. The highest BCUT2D eigenvalue weighted by Crippen LogP contribution is 2.14. The van der Waals surface area contributed by atoms with Crippen molar-refractivity contribution in [3.8, 4) is 0 Å². The zero-order valence-electron chi connectivity index (χ0n) is 6.50. The van der Waals surface area contributed by atoms with Crippen LogP contribution in [0.3, 0.4) is 0 Å². The van der Waals surface area contributed by atoms with Crippen LogP contribution in [0, 0.1) is 0 Å². The first-order chi connectivity index (χ1) is 5.29. The average molecular weight is 170 g/mol. The number of ether oxygens (including phenoxy) is 1. The quantitative estimate of drug-likeness (QED) is 0.512. The highest BCUT2D eigenvalue weighted by atomic mass is 31.0. The van der Waals surface area contributed by atoms with Crippen molar-refractivity contribution in [1.82, 2.24) is 9.78 Å². The maximum absolute atomic E-state index is 5.32. The third kappa shape index (κ3) is 1.09. The van der Waals surface area contributed by atoms with E-state index in [1.54, 1.807) is 0 Å². The van der Waals surface area contributed by atoms with Gasteiger partial charge in [-0.15, -0.1) is 0 Å². The van der Waals surface area contributed by atoms with Gasteiger partial charge in [-0.2, -0.15) is 5.10 Å². The van der Waals surface area contributed by atoms with Gasteiger partial charge in [0, 0.05) is 24.7 Å². The molecule has 0 spiro atoms. The first-order valence-corrected chi connectivity index (χ1v) is 4.24. The van der Waals surface area contributed by atoms with Crippen LogP contribution in [-0.2, 0) is 24.8 Å². The van der Waals surface area contributed by atoms with Gasteiger partial charge in [0.25, 0.3) is 0 Å². The minimum atomic E-state index is 0.724. The number of aryl methyl sites for hydroxylation is 1. The van der Waals surface area contributed by atoms with Gasteiger partial charge in [-0.25, -0.2) is 0 Å². The van der Waals surface area contributed by atoms with Gasteiger partial charge in [0.15, 0.2) is 0 Å². The Morgan fingerprint density at radius 3 is 3.18 bits per heavy atom. The first kappa shape index (κ1) is 7.26. The molecule has 2 heterocycles. The topological polar surface area (TPSA) is 27.1 Å². The molecule has 0 bridgehead atoms. The molecule has 1 unspecified atom stereocenters. The first-order valence-electron chi connectivity index (χ1n) is 3.67. The van der Waals surface area contributed by atoms with Crippen LogP contribution in [0.5, 0.6) is 0 Å². The van der Waals surface area contributed by atoms with Gasteiger partial charge >= 0.3 is 0 Å². The number of aromatic nitrogens is 2. The zero-order valence-corrected chi connectivity index (χ0v) is 7.66. The van der Waals surface area contributed by atoms with E-state index in [1.807, 2.05) is 11.7 Å². The van der Waals surface area contributed by atoms with Gasteiger partial charge in [0.1, 0.15) is 0 Å². The predicted octanol–water partition coefficient (Wildman–Crippen LogP) is -0.00680. The highest BCUT2D eigenvalue weighted by Gasteiger charge is 2.16. The van der Waals surface area contributed by atoms with Crippen LogP contribution in [0.15, 0.2) is 0 Å². The van der Waals surface area contributed by atoms with Crippen LogP contribution in [0.25, 0.3) is 0 Å². The van der Waals surface area contributed by atoms with Gasteiger partial charge in [-0.1, -0.05) is 9.24 Å². The van der Waals surface area contributed by atoms with Gasteiger partial charge in [-0.05, 0) is 0 Å². The summed E-state index contributed by atoms with van der Waals surface area (Å²) in [6.45, 7) is 1.55. The maximum atomic E-state index is 5.32. The van der Waals surface area contributed by atoms with Crippen molar-refractivity contribution in [2.75, 3.05) is 6.61 Å². The monoisotopic (exact) mass is 170 g/mol. The molecule has 4 heteroatoms. The van der Waals surface area contributed by atoms with Crippen molar-refractivity contribution < 1.29 is 4.74 Å².